The molecule has 8 nitrogen and oxygen atoms in total. The molecule has 10 heteroatoms. The van der Waals surface area contributed by atoms with E-state index in [1.165, 1.54) is 46.5 Å². The van der Waals surface area contributed by atoms with Gasteiger partial charge in [-0.3, -0.25) is 14.2 Å². The molecule has 0 aliphatic rings. The minimum absolute atomic E-state index is 0.109. The number of nitrogens with zero attached hydrogens (tertiary/aromatic N) is 2. The first-order valence-corrected chi connectivity index (χ1v) is 10.5. The number of hydrogen-bond donors (Lipinski definition) is 2. The highest BCUT2D eigenvalue weighted by atomic mass is 32.2. The van der Waals surface area contributed by atoms with E-state index in [1.54, 1.807) is 25.3 Å². The first kappa shape index (κ1) is 19.2. The Bertz CT molecular complexity index is 1130. The van der Waals surface area contributed by atoms with Crippen molar-refractivity contribution >= 4 is 43.2 Å². The molecule has 0 radical (unpaired) electrons. The fourth-order valence-corrected chi connectivity index (χ4v) is 4.43. The van der Waals surface area contributed by atoms with Crippen LogP contribution in [0.1, 0.15) is 13.8 Å². The Hall–Kier alpha value is -2.56. The lowest BCUT2D eigenvalue weighted by Crippen LogP contribution is -2.30. The van der Waals surface area contributed by atoms with Crippen LogP contribution in [0.3, 0.4) is 0 Å². The van der Waals surface area contributed by atoms with E-state index in [9.17, 15) is 18.0 Å². The highest BCUT2D eigenvalue weighted by Crippen LogP contribution is 2.15. The normalized spacial score (nSPS) is 11.8. The quantitative estimate of drug-likeness (QED) is 0.648. The van der Waals surface area contributed by atoms with Crippen LogP contribution in [0.15, 0.2) is 51.7 Å². The summed E-state index contributed by atoms with van der Waals surface area (Å²) < 4.78 is 27.9. The van der Waals surface area contributed by atoms with Crippen molar-refractivity contribution in [3.05, 3.63) is 52.4 Å². The fraction of sp³-hybridized carbons (Fsp3) is 0.235. The summed E-state index contributed by atoms with van der Waals surface area (Å²) in [6, 6.07) is 7.26. The number of carbonyl (C=O) groups excluding carboxylic acids is 1. The summed E-state index contributed by atoms with van der Waals surface area (Å²) in [6.07, 6.45) is 1.34. The Morgan fingerprint density at radius 1 is 1.22 bits per heavy atom. The molecule has 3 aromatic rings. The predicted octanol–water partition coefficient (Wildman–Crippen LogP) is 1.78. The van der Waals surface area contributed by atoms with Gasteiger partial charge >= 0.3 is 0 Å². The van der Waals surface area contributed by atoms with E-state index in [4.69, 9.17) is 0 Å². The number of benzene rings is 1. The maximum absolute atomic E-state index is 12.3. The Morgan fingerprint density at radius 2 is 1.93 bits per heavy atom. The molecule has 0 unspecified atom stereocenters. The summed E-state index contributed by atoms with van der Waals surface area (Å²) in [5.41, 5.74) is 0.152. The van der Waals surface area contributed by atoms with Crippen molar-refractivity contribution in [1.82, 2.24) is 14.3 Å². The monoisotopic (exact) mass is 406 g/mol. The van der Waals surface area contributed by atoms with E-state index in [0.29, 0.717) is 15.9 Å². The lowest BCUT2D eigenvalue weighted by molar-refractivity contribution is -0.116. The van der Waals surface area contributed by atoms with Gasteiger partial charge in [0.15, 0.2) is 0 Å². The fourth-order valence-electron chi connectivity index (χ4n) is 2.46. The number of thiophene rings is 1. The summed E-state index contributed by atoms with van der Waals surface area (Å²) in [5, 5.41) is 4.89. The molecule has 2 aromatic heterocycles. The zero-order valence-electron chi connectivity index (χ0n) is 14.7. The van der Waals surface area contributed by atoms with Crippen LogP contribution in [0, 0.1) is 0 Å². The largest absolute Gasteiger partial charge is 0.325 e. The van der Waals surface area contributed by atoms with Crippen LogP contribution in [0.5, 0.6) is 0 Å². The van der Waals surface area contributed by atoms with Crippen LogP contribution in [-0.2, 0) is 21.4 Å². The predicted molar refractivity (Wildman–Crippen MR) is 104 cm³/mol. The van der Waals surface area contributed by atoms with Crippen LogP contribution in [0.4, 0.5) is 5.69 Å². The van der Waals surface area contributed by atoms with Gasteiger partial charge in [-0.1, -0.05) is 0 Å². The third-order valence-electron chi connectivity index (χ3n) is 3.60. The standard InChI is InChI=1S/C17H18N4O4S2/c1-11(2)20-27(24,25)13-5-3-12(4-6-13)19-15(22)9-21-10-18-16-14(17(21)23)7-8-26-16/h3-8,10-11,20H,9H2,1-2H3,(H,19,22). The van der Waals surface area contributed by atoms with Gasteiger partial charge in [0, 0.05) is 11.7 Å². The van der Waals surface area contributed by atoms with Crippen LogP contribution in [-0.4, -0.2) is 29.9 Å². The van der Waals surface area contributed by atoms with Crippen LogP contribution in [0.25, 0.3) is 10.2 Å². The third-order valence-corrected chi connectivity index (χ3v) is 6.10. The smallest absolute Gasteiger partial charge is 0.262 e. The molecule has 0 saturated carbocycles. The third kappa shape index (κ3) is 4.41. The highest BCUT2D eigenvalue weighted by Gasteiger charge is 2.15. The van der Waals surface area contributed by atoms with Gasteiger partial charge in [-0.25, -0.2) is 18.1 Å². The average molecular weight is 406 g/mol. The van der Waals surface area contributed by atoms with E-state index < -0.39 is 15.9 Å². The van der Waals surface area contributed by atoms with Crippen LogP contribution < -0.4 is 15.6 Å². The maximum atomic E-state index is 12.3. The molecule has 0 spiro atoms. The number of fused-ring (bicyclic) bond motifs is 1. The van der Waals surface area contributed by atoms with Gasteiger partial charge in [-0.2, -0.15) is 0 Å². The Kier molecular flexibility index (Phi) is 5.40. The maximum Gasteiger partial charge on any atom is 0.262 e. The van der Waals surface area contributed by atoms with Gasteiger partial charge in [0.25, 0.3) is 5.56 Å². The molecule has 1 aromatic carbocycles. The van der Waals surface area contributed by atoms with Gasteiger partial charge in [0.1, 0.15) is 11.4 Å². The molecular weight excluding hydrogens is 388 g/mol. The molecule has 2 heterocycles. The van der Waals surface area contributed by atoms with Crippen molar-refractivity contribution in [3.8, 4) is 0 Å². The molecule has 2 N–H and O–H groups in total. The Morgan fingerprint density at radius 3 is 2.59 bits per heavy atom. The summed E-state index contributed by atoms with van der Waals surface area (Å²) >= 11 is 1.36. The minimum Gasteiger partial charge on any atom is -0.325 e. The summed E-state index contributed by atoms with van der Waals surface area (Å²) in [6.45, 7) is 3.28. The Balaban J connectivity index is 1.70. The zero-order chi connectivity index (χ0) is 19.6. The van der Waals surface area contributed by atoms with E-state index in [0.717, 1.165) is 0 Å². The molecular formula is C17H18N4O4S2. The first-order valence-electron chi connectivity index (χ1n) is 8.11. The lowest BCUT2D eigenvalue weighted by atomic mass is 10.3. The van der Waals surface area contributed by atoms with Gasteiger partial charge in [-0.05, 0) is 49.6 Å². The summed E-state index contributed by atoms with van der Waals surface area (Å²) in [4.78, 5) is 29.4. The molecule has 0 saturated heterocycles. The molecule has 1 amide bonds. The van der Waals surface area contributed by atoms with Gasteiger partial charge in [0.05, 0.1) is 16.6 Å². The molecule has 0 atom stereocenters. The van der Waals surface area contributed by atoms with E-state index in [-0.39, 0.29) is 23.0 Å². The minimum atomic E-state index is -3.59. The molecule has 0 aliphatic heterocycles. The van der Waals surface area contributed by atoms with Crippen LogP contribution in [0.2, 0.25) is 0 Å². The van der Waals surface area contributed by atoms with E-state index in [1.807, 2.05) is 0 Å². The molecule has 0 bridgehead atoms. The van der Waals surface area contributed by atoms with E-state index >= 15 is 0 Å². The second-order valence-corrected chi connectivity index (χ2v) is 8.77. The SMILES string of the molecule is CC(C)NS(=O)(=O)c1ccc(NC(=O)Cn2cnc3sccc3c2=O)cc1. The molecule has 0 aliphatic carbocycles. The number of hydrogen-bond acceptors (Lipinski definition) is 6. The second-order valence-electron chi connectivity index (χ2n) is 6.17. The number of sulfonamides is 1. The number of rotatable bonds is 6. The van der Waals surface area contributed by atoms with Crippen LogP contribution >= 0.6 is 11.3 Å². The van der Waals surface area contributed by atoms with E-state index in [2.05, 4.69) is 15.0 Å². The van der Waals surface area contributed by atoms with Crippen molar-refractivity contribution in [2.45, 2.75) is 31.3 Å². The number of aromatic nitrogens is 2. The Labute approximate surface area is 159 Å². The summed E-state index contributed by atoms with van der Waals surface area (Å²) in [7, 11) is -3.59. The van der Waals surface area contributed by atoms with Crippen molar-refractivity contribution in [1.29, 1.82) is 0 Å². The first-order chi connectivity index (χ1) is 12.8. The highest BCUT2D eigenvalue weighted by molar-refractivity contribution is 7.89. The van der Waals surface area contributed by atoms with Crippen molar-refractivity contribution in [2.75, 3.05) is 5.32 Å². The number of carbonyl (C=O) groups is 1. The van der Waals surface area contributed by atoms with Gasteiger partial charge in [0.2, 0.25) is 15.9 Å². The zero-order valence-corrected chi connectivity index (χ0v) is 16.3. The number of anilines is 1. The summed E-state index contributed by atoms with van der Waals surface area (Å²) in [5.74, 6) is -0.413. The van der Waals surface area contributed by atoms with Crippen molar-refractivity contribution < 1.29 is 13.2 Å². The molecule has 3 rings (SSSR count). The van der Waals surface area contributed by atoms with Gasteiger partial charge in [-0.15, -0.1) is 11.3 Å². The lowest BCUT2D eigenvalue weighted by Gasteiger charge is -2.11. The van der Waals surface area contributed by atoms with Gasteiger partial charge < -0.3 is 5.32 Å². The van der Waals surface area contributed by atoms with Crippen molar-refractivity contribution in [2.24, 2.45) is 0 Å². The number of amides is 1. The average Bonchev–Trinajstić information content (AvgIpc) is 3.06. The topological polar surface area (TPSA) is 110 Å². The number of nitrogens with one attached hydrogen (secondary N) is 2. The molecule has 0 fully saturated rings. The molecule has 142 valence electrons. The molecule has 27 heavy (non-hydrogen) atoms. The van der Waals surface area contributed by atoms with Crippen molar-refractivity contribution in [3.63, 3.8) is 0 Å². The second kappa shape index (κ2) is 7.59.